The molecule has 0 radical (unpaired) electrons. The van der Waals surface area contributed by atoms with E-state index in [2.05, 4.69) is 5.32 Å². The van der Waals surface area contributed by atoms with Gasteiger partial charge in [0.2, 0.25) is 0 Å². The molecule has 3 unspecified atom stereocenters. The summed E-state index contributed by atoms with van der Waals surface area (Å²) in [4.78, 5) is 24.7. The van der Waals surface area contributed by atoms with Crippen LogP contribution in [-0.4, -0.2) is 37.2 Å². The maximum absolute atomic E-state index is 13.3. The van der Waals surface area contributed by atoms with Crippen molar-refractivity contribution >= 4 is 33.8 Å². The van der Waals surface area contributed by atoms with Crippen molar-refractivity contribution in [1.29, 1.82) is 0 Å². The Morgan fingerprint density at radius 1 is 1.10 bits per heavy atom. The van der Waals surface area contributed by atoms with Crippen molar-refractivity contribution in [2.45, 2.75) is 48.0 Å². The Labute approximate surface area is 175 Å². The molecule has 1 aliphatic rings. The minimum atomic E-state index is -3.92. The van der Waals surface area contributed by atoms with Gasteiger partial charge in [-0.2, -0.15) is 0 Å². The maximum Gasteiger partial charge on any atom is 0.408 e. The van der Waals surface area contributed by atoms with Gasteiger partial charge < -0.3 is 14.8 Å². The summed E-state index contributed by atoms with van der Waals surface area (Å²) >= 11 is 5.94. The Hall–Kier alpha value is -2.38. The molecule has 3 atom stereocenters. The molecule has 2 aromatic carbocycles. The smallest absolute Gasteiger partial charge is 0.408 e. The number of aldehydes is 1. The molecule has 1 N–H and O–H groups in total. The molecule has 0 aliphatic heterocycles. The van der Waals surface area contributed by atoms with Gasteiger partial charge in [0.1, 0.15) is 22.7 Å². The Morgan fingerprint density at radius 2 is 1.69 bits per heavy atom. The van der Waals surface area contributed by atoms with E-state index in [0.717, 1.165) is 0 Å². The summed E-state index contributed by atoms with van der Waals surface area (Å²) in [5, 5.41) is 1.84. The Kier molecular flexibility index (Phi) is 5.49. The molecule has 1 fully saturated rings. The largest absolute Gasteiger partial charge is 0.444 e. The number of hydrogen-bond acceptors (Lipinski definition) is 5. The van der Waals surface area contributed by atoms with E-state index in [1.54, 1.807) is 63.2 Å². The first-order chi connectivity index (χ1) is 13.5. The summed E-state index contributed by atoms with van der Waals surface area (Å²) in [6, 6.07) is 14.4. The highest BCUT2D eigenvalue weighted by Crippen LogP contribution is 2.56. The number of ether oxygens (including phenoxy) is 1. The van der Waals surface area contributed by atoms with Crippen LogP contribution in [0.4, 0.5) is 4.79 Å². The molecule has 0 saturated heterocycles. The van der Waals surface area contributed by atoms with Gasteiger partial charge in [0.05, 0.1) is 4.90 Å². The molecule has 1 amide bonds. The number of carbonyl (C=O) groups excluding carboxylic acids is 2. The van der Waals surface area contributed by atoms with Crippen molar-refractivity contribution in [3.63, 3.8) is 0 Å². The van der Waals surface area contributed by atoms with E-state index in [0.29, 0.717) is 16.9 Å². The number of rotatable bonds is 5. The Bertz CT molecular complexity index is 1020. The van der Waals surface area contributed by atoms with Crippen LogP contribution in [0, 0.1) is 0 Å². The van der Waals surface area contributed by atoms with E-state index >= 15 is 0 Å². The van der Waals surface area contributed by atoms with Crippen LogP contribution in [0.5, 0.6) is 0 Å². The van der Waals surface area contributed by atoms with Gasteiger partial charge in [0, 0.05) is 10.9 Å². The van der Waals surface area contributed by atoms with Crippen molar-refractivity contribution in [2.75, 3.05) is 0 Å². The predicted molar refractivity (Wildman–Crippen MR) is 110 cm³/mol. The second-order valence-corrected chi connectivity index (χ2v) is 10.5. The topological polar surface area (TPSA) is 89.5 Å². The van der Waals surface area contributed by atoms with Crippen molar-refractivity contribution in [1.82, 2.24) is 5.32 Å². The van der Waals surface area contributed by atoms with E-state index < -0.39 is 38.2 Å². The van der Waals surface area contributed by atoms with Gasteiger partial charge in [-0.3, -0.25) is 0 Å². The van der Waals surface area contributed by atoms with Crippen molar-refractivity contribution in [3.8, 4) is 0 Å². The van der Waals surface area contributed by atoms with Crippen LogP contribution >= 0.6 is 11.6 Å². The fraction of sp³-hybridized carbons (Fsp3) is 0.333. The number of benzene rings is 2. The normalized spacial score (nSPS) is 23.9. The number of sulfone groups is 1. The van der Waals surface area contributed by atoms with Crippen LogP contribution in [0.25, 0.3) is 0 Å². The molecule has 0 spiro atoms. The number of carbonyl (C=O) groups is 2. The maximum atomic E-state index is 13.3. The van der Waals surface area contributed by atoms with Gasteiger partial charge in [-0.15, -0.1) is 0 Å². The van der Waals surface area contributed by atoms with Crippen LogP contribution in [0.3, 0.4) is 0 Å². The number of nitrogens with one attached hydrogen (secondary N) is 1. The minimum Gasteiger partial charge on any atom is -0.444 e. The van der Waals surface area contributed by atoms with Crippen molar-refractivity contribution < 1.29 is 22.7 Å². The van der Waals surface area contributed by atoms with Crippen molar-refractivity contribution in [2.24, 2.45) is 0 Å². The number of alkyl carbamates (subject to hydrolysis) is 1. The summed E-state index contributed by atoms with van der Waals surface area (Å²) in [7, 11) is -3.92. The SMILES string of the molecule is CC(C)(C)OC(=O)NC1(C=O)C(c2ccc(Cl)cc2)C1S(=O)(=O)c1ccccc1. The lowest BCUT2D eigenvalue weighted by Gasteiger charge is -2.22. The average Bonchev–Trinajstić information content (AvgIpc) is 3.31. The molecule has 29 heavy (non-hydrogen) atoms. The third-order valence-electron chi connectivity index (χ3n) is 4.73. The van der Waals surface area contributed by atoms with Gasteiger partial charge in [0.15, 0.2) is 9.84 Å². The molecule has 1 aliphatic carbocycles. The molecule has 2 aromatic rings. The first-order valence-corrected chi connectivity index (χ1v) is 11.0. The summed E-state index contributed by atoms with van der Waals surface area (Å²) in [5.74, 6) is -0.769. The summed E-state index contributed by atoms with van der Waals surface area (Å²) in [6.45, 7) is 5.05. The third kappa shape index (κ3) is 4.16. The van der Waals surface area contributed by atoms with Gasteiger partial charge in [-0.25, -0.2) is 13.2 Å². The van der Waals surface area contributed by atoms with Gasteiger partial charge in [0.25, 0.3) is 0 Å². The molecule has 0 aromatic heterocycles. The first-order valence-electron chi connectivity index (χ1n) is 9.03. The minimum absolute atomic E-state index is 0.0821. The number of halogens is 1. The van der Waals surface area contributed by atoms with Gasteiger partial charge >= 0.3 is 6.09 Å². The predicted octanol–water partition coefficient (Wildman–Crippen LogP) is 3.74. The summed E-state index contributed by atoms with van der Waals surface area (Å²) in [6.07, 6.45) is -0.365. The summed E-state index contributed by atoms with van der Waals surface area (Å²) < 4.78 is 31.9. The molecular weight excluding hydrogens is 414 g/mol. The lowest BCUT2D eigenvalue weighted by molar-refractivity contribution is -0.110. The van der Waals surface area contributed by atoms with Crippen molar-refractivity contribution in [3.05, 3.63) is 65.2 Å². The van der Waals surface area contributed by atoms with E-state index in [1.165, 1.54) is 12.1 Å². The van der Waals surface area contributed by atoms with Crippen LogP contribution < -0.4 is 5.32 Å². The molecule has 8 heteroatoms. The zero-order chi connectivity index (χ0) is 21.4. The Morgan fingerprint density at radius 3 is 2.21 bits per heavy atom. The zero-order valence-electron chi connectivity index (χ0n) is 16.3. The third-order valence-corrected chi connectivity index (χ3v) is 7.24. The van der Waals surface area contributed by atoms with E-state index in [4.69, 9.17) is 16.3 Å². The second-order valence-electron chi connectivity index (χ2n) is 7.99. The van der Waals surface area contributed by atoms with Crippen LogP contribution in [0.1, 0.15) is 32.3 Å². The molecule has 0 heterocycles. The highest BCUT2D eigenvalue weighted by molar-refractivity contribution is 7.92. The second kappa shape index (κ2) is 7.46. The van der Waals surface area contributed by atoms with E-state index in [1.807, 2.05) is 0 Å². The summed E-state index contributed by atoms with van der Waals surface area (Å²) in [5.41, 5.74) is -1.85. The molecule has 154 valence electrons. The standard InChI is InChI=1S/C21H22ClNO5S/c1-20(2,3)28-19(25)23-21(13-24)17(14-9-11-15(22)12-10-14)18(21)29(26,27)16-7-5-4-6-8-16/h4-13,17-18H,1-3H3,(H,23,25). The van der Waals surface area contributed by atoms with Crippen LogP contribution in [-0.2, 0) is 19.4 Å². The molecule has 3 rings (SSSR count). The van der Waals surface area contributed by atoms with Gasteiger partial charge in [-0.1, -0.05) is 41.9 Å². The molecule has 6 nitrogen and oxygen atoms in total. The molecule has 0 bridgehead atoms. The van der Waals surface area contributed by atoms with E-state index in [-0.39, 0.29) is 4.90 Å². The van der Waals surface area contributed by atoms with Crippen LogP contribution in [0.15, 0.2) is 59.5 Å². The number of amides is 1. The quantitative estimate of drug-likeness (QED) is 0.722. The number of hydrogen-bond donors (Lipinski definition) is 1. The van der Waals surface area contributed by atoms with Gasteiger partial charge in [-0.05, 0) is 50.6 Å². The zero-order valence-corrected chi connectivity index (χ0v) is 17.8. The fourth-order valence-electron chi connectivity index (χ4n) is 3.49. The lowest BCUT2D eigenvalue weighted by atomic mass is 10.1. The first kappa shape index (κ1) is 21.3. The Balaban J connectivity index is 2.04. The highest BCUT2D eigenvalue weighted by Gasteiger charge is 2.73. The lowest BCUT2D eigenvalue weighted by Crippen LogP contribution is -2.45. The average molecular weight is 436 g/mol. The van der Waals surface area contributed by atoms with Crippen LogP contribution in [0.2, 0.25) is 5.02 Å². The fourth-order valence-corrected chi connectivity index (χ4v) is 5.88. The monoisotopic (exact) mass is 435 g/mol. The molecular formula is C21H22ClNO5S. The van der Waals surface area contributed by atoms with E-state index in [9.17, 15) is 18.0 Å². The molecule has 1 saturated carbocycles. The highest BCUT2D eigenvalue weighted by atomic mass is 35.5.